The Hall–Kier alpha value is -1.51. The van der Waals surface area contributed by atoms with E-state index in [1.807, 2.05) is 24.3 Å². The summed E-state index contributed by atoms with van der Waals surface area (Å²) < 4.78 is 5.03. The van der Waals surface area contributed by atoms with Crippen LogP contribution in [0.25, 0.3) is 0 Å². The van der Waals surface area contributed by atoms with E-state index < -0.39 is 0 Å². The Morgan fingerprint density at radius 1 is 1.40 bits per heavy atom. The largest absolute Gasteiger partial charge is 0.497 e. The van der Waals surface area contributed by atoms with E-state index in [4.69, 9.17) is 4.74 Å². The molecular weight excluding hydrogens is 190 g/mol. The van der Waals surface area contributed by atoms with Gasteiger partial charge in [0.05, 0.1) is 13.5 Å². The van der Waals surface area contributed by atoms with E-state index in [1.165, 1.54) is 0 Å². The van der Waals surface area contributed by atoms with Crippen molar-refractivity contribution >= 4 is 5.91 Å². The second-order valence-corrected chi connectivity index (χ2v) is 3.23. The van der Waals surface area contributed by atoms with Gasteiger partial charge in [0.15, 0.2) is 0 Å². The molecule has 0 bridgehead atoms. The molecule has 0 heterocycles. The Bertz CT molecular complexity index is 306. The van der Waals surface area contributed by atoms with E-state index in [9.17, 15) is 4.79 Å². The minimum absolute atomic E-state index is 0.0313. The van der Waals surface area contributed by atoms with Gasteiger partial charge in [0.1, 0.15) is 5.75 Å². The lowest BCUT2D eigenvalue weighted by Gasteiger charge is -2.04. The highest BCUT2D eigenvalue weighted by molar-refractivity contribution is 5.78. The molecule has 0 fully saturated rings. The molecule has 1 N–H and O–H groups in total. The third-order valence-electron chi connectivity index (χ3n) is 2.02. The summed E-state index contributed by atoms with van der Waals surface area (Å²) in [6.45, 7) is 4.29. The highest BCUT2D eigenvalue weighted by atomic mass is 16.5. The summed E-state index contributed by atoms with van der Waals surface area (Å²) >= 11 is 0. The van der Waals surface area contributed by atoms with Gasteiger partial charge in [-0.3, -0.25) is 4.79 Å². The third-order valence-corrected chi connectivity index (χ3v) is 2.02. The number of carbonyl (C=O) groups excluding carboxylic acids is 1. The maximum atomic E-state index is 11.4. The zero-order valence-corrected chi connectivity index (χ0v) is 8.95. The SMILES string of the molecule is [CH2]CCNC(=O)Cc1ccc(OC)cc1. The van der Waals surface area contributed by atoms with Crippen molar-refractivity contribution in [1.29, 1.82) is 0 Å². The van der Waals surface area contributed by atoms with Gasteiger partial charge in [-0.05, 0) is 24.1 Å². The van der Waals surface area contributed by atoms with E-state index >= 15 is 0 Å². The average molecular weight is 206 g/mol. The van der Waals surface area contributed by atoms with Gasteiger partial charge in [-0.25, -0.2) is 0 Å². The molecule has 0 aliphatic heterocycles. The molecule has 3 nitrogen and oxygen atoms in total. The topological polar surface area (TPSA) is 38.3 Å². The lowest BCUT2D eigenvalue weighted by atomic mass is 10.1. The minimum Gasteiger partial charge on any atom is -0.497 e. The van der Waals surface area contributed by atoms with Crippen LogP contribution in [0.2, 0.25) is 0 Å². The zero-order chi connectivity index (χ0) is 11.1. The molecule has 0 aromatic heterocycles. The fourth-order valence-electron chi connectivity index (χ4n) is 1.22. The Morgan fingerprint density at radius 3 is 2.60 bits per heavy atom. The summed E-state index contributed by atoms with van der Waals surface area (Å²) in [6, 6.07) is 7.49. The van der Waals surface area contributed by atoms with Crippen LogP contribution in [-0.4, -0.2) is 19.6 Å². The van der Waals surface area contributed by atoms with Gasteiger partial charge in [0.25, 0.3) is 0 Å². The molecule has 0 atom stereocenters. The molecule has 0 aliphatic rings. The summed E-state index contributed by atoms with van der Waals surface area (Å²) in [5.74, 6) is 0.834. The summed E-state index contributed by atoms with van der Waals surface area (Å²) in [6.07, 6.45) is 1.12. The Morgan fingerprint density at radius 2 is 2.07 bits per heavy atom. The normalized spacial score (nSPS) is 9.73. The van der Waals surface area contributed by atoms with Gasteiger partial charge < -0.3 is 10.1 Å². The minimum atomic E-state index is 0.0313. The van der Waals surface area contributed by atoms with Crippen molar-refractivity contribution in [3.8, 4) is 5.75 Å². The van der Waals surface area contributed by atoms with Crippen molar-refractivity contribution in [1.82, 2.24) is 5.32 Å². The fourth-order valence-corrected chi connectivity index (χ4v) is 1.22. The number of amides is 1. The summed E-state index contributed by atoms with van der Waals surface area (Å²) in [7, 11) is 1.62. The molecule has 0 saturated carbocycles. The predicted octanol–water partition coefficient (Wildman–Crippen LogP) is 1.58. The number of nitrogens with one attached hydrogen (secondary N) is 1. The van der Waals surface area contributed by atoms with Crippen molar-refractivity contribution in [2.75, 3.05) is 13.7 Å². The van der Waals surface area contributed by atoms with E-state index in [1.54, 1.807) is 7.11 Å². The first-order valence-electron chi connectivity index (χ1n) is 4.95. The van der Waals surface area contributed by atoms with Crippen LogP contribution in [-0.2, 0) is 11.2 Å². The van der Waals surface area contributed by atoms with Gasteiger partial charge in [0.2, 0.25) is 5.91 Å². The first kappa shape index (κ1) is 11.6. The highest BCUT2D eigenvalue weighted by Gasteiger charge is 2.01. The summed E-state index contributed by atoms with van der Waals surface area (Å²) in [5.41, 5.74) is 0.984. The van der Waals surface area contributed by atoms with Crippen molar-refractivity contribution < 1.29 is 9.53 Å². The second kappa shape index (κ2) is 6.06. The van der Waals surface area contributed by atoms with Gasteiger partial charge in [0, 0.05) is 6.54 Å². The number of carbonyl (C=O) groups is 1. The Labute approximate surface area is 90.4 Å². The van der Waals surface area contributed by atoms with Crippen LogP contribution in [0.15, 0.2) is 24.3 Å². The molecule has 1 rings (SSSR count). The maximum Gasteiger partial charge on any atom is 0.224 e. The monoisotopic (exact) mass is 206 g/mol. The quantitative estimate of drug-likeness (QED) is 0.794. The van der Waals surface area contributed by atoms with E-state index in [0.717, 1.165) is 11.3 Å². The number of hydrogen-bond donors (Lipinski definition) is 1. The molecule has 1 aromatic rings. The van der Waals surface area contributed by atoms with Gasteiger partial charge in [-0.1, -0.05) is 19.1 Å². The Balaban J connectivity index is 2.46. The molecule has 1 amide bonds. The number of hydrogen-bond acceptors (Lipinski definition) is 2. The molecule has 15 heavy (non-hydrogen) atoms. The number of rotatable bonds is 5. The zero-order valence-electron chi connectivity index (χ0n) is 8.95. The van der Waals surface area contributed by atoms with E-state index in [-0.39, 0.29) is 5.91 Å². The van der Waals surface area contributed by atoms with E-state index in [0.29, 0.717) is 19.4 Å². The molecule has 0 saturated heterocycles. The van der Waals surface area contributed by atoms with Crippen LogP contribution in [0.5, 0.6) is 5.75 Å². The first-order chi connectivity index (χ1) is 7.26. The molecular formula is C12H16NO2. The van der Waals surface area contributed by atoms with Crippen LogP contribution in [0.3, 0.4) is 0 Å². The van der Waals surface area contributed by atoms with Gasteiger partial charge >= 0.3 is 0 Å². The predicted molar refractivity (Wildman–Crippen MR) is 59.7 cm³/mol. The van der Waals surface area contributed by atoms with Crippen molar-refractivity contribution in [2.45, 2.75) is 12.8 Å². The number of benzene rings is 1. The van der Waals surface area contributed by atoms with Crippen LogP contribution < -0.4 is 10.1 Å². The van der Waals surface area contributed by atoms with Crippen LogP contribution in [0, 0.1) is 6.92 Å². The lowest BCUT2D eigenvalue weighted by Crippen LogP contribution is -2.25. The first-order valence-corrected chi connectivity index (χ1v) is 4.95. The smallest absolute Gasteiger partial charge is 0.224 e. The highest BCUT2D eigenvalue weighted by Crippen LogP contribution is 2.11. The fraction of sp³-hybridized carbons (Fsp3) is 0.333. The average Bonchev–Trinajstić information content (AvgIpc) is 2.27. The molecule has 0 aliphatic carbocycles. The summed E-state index contributed by atoms with van der Waals surface area (Å²) in [4.78, 5) is 11.4. The molecule has 0 spiro atoms. The van der Waals surface area contributed by atoms with Crippen LogP contribution >= 0.6 is 0 Å². The van der Waals surface area contributed by atoms with Gasteiger partial charge in [-0.15, -0.1) is 0 Å². The maximum absolute atomic E-state index is 11.4. The number of methoxy groups -OCH3 is 1. The number of ether oxygens (including phenoxy) is 1. The van der Waals surface area contributed by atoms with Crippen LogP contribution in [0.1, 0.15) is 12.0 Å². The van der Waals surface area contributed by atoms with Crippen molar-refractivity contribution in [3.05, 3.63) is 36.8 Å². The molecule has 0 unspecified atom stereocenters. The molecule has 81 valence electrons. The standard InChI is InChI=1S/C12H16NO2/c1-3-8-13-12(14)9-10-4-6-11(15-2)7-5-10/h4-7H,1,3,8-9H2,2H3,(H,13,14). The molecule has 1 radical (unpaired) electrons. The Kier molecular flexibility index (Phi) is 4.68. The van der Waals surface area contributed by atoms with E-state index in [2.05, 4.69) is 12.2 Å². The summed E-state index contributed by atoms with van der Waals surface area (Å²) in [5, 5.41) is 2.78. The van der Waals surface area contributed by atoms with Crippen LogP contribution in [0.4, 0.5) is 0 Å². The van der Waals surface area contributed by atoms with Crippen molar-refractivity contribution in [2.24, 2.45) is 0 Å². The lowest BCUT2D eigenvalue weighted by molar-refractivity contribution is -0.120. The second-order valence-electron chi connectivity index (χ2n) is 3.23. The molecule has 1 aromatic carbocycles. The van der Waals surface area contributed by atoms with Crippen molar-refractivity contribution in [3.63, 3.8) is 0 Å². The van der Waals surface area contributed by atoms with Gasteiger partial charge in [-0.2, -0.15) is 0 Å². The molecule has 3 heteroatoms. The third kappa shape index (κ3) is 4.02.